The summed E-state index contributed by atoms with van der Waals surface area (Å²) >= 11 is 0. The number of nitrogens with zero attached hydrogens (tertiary/aromatic N) is 4. The number of piperidine rings is 1. The van der Waals surface area contributed by atoms with Gasteiger partial charge in [0.15, 0.2) is 0 Å². The zero-order valence-corrected chi connectivity index (χ0v) is 13.2. The molecule has 0 aromatic carbocycles. The molecule has 2 rings (SSSR count). The van der Waals surface area contributed by atoms with Crippen LogP contribution in [0.1, 0.15) is 41.9 Å². The highest BCUT2D eigenvalue weighted by Gasteiger charge is 2.34. The molecule has 1 aliphatic heterocycles. The number of carbonyl (C=O) groups is 2. The molecular formula is C14H20N4O5. The van der Waals surface area contributed by atoms with Gasteiger partial charge in [-0.05, 0) is 32.1 Å². The second-order valence-electron chi connectivity index (χ2n) is 5.86. The Hall–Kier alpha value is -2.45. The molecule has 126 valence electrons. The lowest BCUT2D eigenvalue weighted by Crippen LogP contribution is -2.41. The second-order valence-corrected chi connectivity index (χ2v) is 5.86. The van der Waals surface area contributed by atoms with E-state index >= 15 is 0 Å². The molecule has 1 aliphatic rings. The number of amides is 1. The lowest BCUT2D eigenvalue weighted by Gasteiger charge is -2.32. The van der Waals surface area contributed by atoms with Crippen LogP contribution >= 0.6 is 0 Å². The summed E-state index contributed by atoms with van der Waals surface area (Å²) in [7, 11) is 1.51. The summed E-state index contributed by atoms with van der Waals surface area (Å²) in [6.07, 6.45) is 2.20. The van der Waals surface area contributed by atoms with Gasteiger partial charge in [-0.1, -0.05) is 0 Å². The fraction of sp³-hybridized carbons (Fsp3) is 0.643. The number of carbonyl (C=O) groups excluding carboxylic acids is 1. The van der Waals surface area contributed by atoms with Crippen LogP contribution < -0.4 is 0 Å². The summed E-state index contributed by atoms with van der Waals surface area (Å²) in [6.45, 7) is 2.44. The first-order chi connectivity index (χ1) is 10.8. The molecule has 1 fully saturated rings. The number of rotatable bonds is 5. The van der Waals surface area contributed by atoms with Gasteiger partial charge in [0.25, 0.3) is 5.91 Å². The van der Waals surface area contributed by atoms with Gasteiger partial charge in [0, 0.05) is 26.6 Å². The maximum atomic E-state index is 12.7. The Morgan fingerprint density at radius 3 is 2.78 bits per heavy atom. The van der Waals surface area contributed by atoms with Crippen molar-refractivity contribution in [2.45, 2.75) is 32.6 Å². The van der Waals surface area contributed by atoms with Crippen molar-refractivity contribution in [2.24, 2.45) is 13.0 Å². The first kappa shape index (κ1) is 16.9. The highest BCUT2D eigenvalue weighted by Crippen LogP contribution is 2.27. The fourth-order valence-corrected chi connectivity index (χ4v) is 3.07. The molecule has 0 aliphatic carbocycles. The molecule has 0 spiro atoms. The molecule has 1 unspecified atom stereocenters. The van der Waals surface area contributed by atoms with Crippen molar-refractivity contribution in [1.29, 1.82) is 0 Å². The van der Waals surface area contributed by atoms with Gasteiger partial charge >= 0.3 is 11.7 Å². The molecule has 2 heterocycles. The van der Waals surface area contributed by atoms with Gasteiger partial charge in [-0.3, -0.25) is 24.4 Å². The normalized spacial score (nSPS) is 18.0. The molecule has 1 aromatic rings. The van der Waals surface area contributed by atoms with Crippen molar-refractivity contribution < 1.29 is 19.6 Å². The van der Waals surface area contributed by atoms with Crippen LogP contribution in [0.4, 0.5) is 5.69 Å². The molecule has 1 atom stereocenters. The van der Waals surface area contributed by atoms with Gasteiger partial charge in [-0.25, -0.2) is 0 Å². The summed E-state index contributed by atoms with van der Waals surface area (Å²) in [5.74, 6) is -1.16. The predicted octanol–water partition coefficient (Wildman–Crippen LogP) is 1.35. The Morgan fingerprint density at radius 2 is 2.17 bits per heavy atom. The minimum absolute atomic E-state index is 0.0219. The van der Waals surface area contributed by atoms with E-state index in [4.69, 9.17) is 5.11 Å². The molecule has 1 N–H and O–H groups in total. The molecule has 23 heavy (non-hydrogen) atoms. The first-order valence-corrected chi connectivity index (χ1v) is 7.50. The smallest absolute Gasteiger partial charge is 0.322 e. The molecule has 1 saturated heterocycles. The standard InChI is InChI=1S/C14H20N4O5/c1-9-12(18(22)23)13(16(2)15-9)14(21)17-7-3-4-10(8-17)5-6-11(19)20/h10H,3-8H2,1-2H3,(H,19,20). The van der Waals surface area contributed by atoms with E-state index in [0.717, 1.165) is 12.8 Å². The Kier molecular flexibility index (Phi) is 4.97. The summed E-state index contributed by atoms with van der Waals surface area (Å²) in [4.78, 5) is 35.6. The fourth-order valence-electron chi connectivity index (χ4n) is 3.07. The number of aromatic nitrogens is 2. The minimum Gasteiger partial charge on any atom is -0.481 e. The Labute approximate surface area is 133 Å². The number of carboxylic acid groups (broad SMARTS) is 1. The van der Waals surface area contributed by atoms with Crippen LogP contribution in [0.25, 0.3) is 0 Å². The minimum atomic E-state index is -0.855. The Balaban J connectivity index is 2.17. The number of carboxylic acids is 1. The van der Waals surface area contributed by atoms with Crippen LogP contribution in [0.2, 0.25) is 0 Å². The lowest BCUT2D eigenvalue weighted by atomic mass is 9.93. The molecule has 1 aromatic heterocycles. The monoisotopic (exact) mass is 324 g/mol. The average molecular weight is 324 g/mol. The maximum absolute atomic E-state index is 12.7. The van der Waals surface area contributed by atoms with E-state index < -0.39 is 16.8 Å². The van der Waals surface area contributed by atoms with Gasteiger partial charge in [0.1, 0.15) is 5.69 Å². The number of likely N-dealkylation sites (tertiary alicyclic amines) is 1. The SMILES string of the molecule is Cc1nn(C)c(C(=O)N2CCCC(CCC(=O)O)C2)c1[N+](=O)[O-]. The largest absolute Gasteiger partial charge is 0.481 e. The van der Waals surface area contributed by atoms with E-state index in [2.05, 4.69) is 5.10 Å². The van der Waals surface area contributed by atoms with Gasteiger partial charge in [0.05, 0.1) is 4.92 Å². The van der Waals surface area contributed by atoms with Crippen molar-refractivity contribution in [3.8, 4) is 0 Å². The van der Waals surface area contributed by atoms with Crippen molar-refractivity contribution >= 4 is 17.6 Å². The van der Waals surface area contributed by atoms with Gasteiger partial charge in [-0.2, -0.15) is 5.10 Å². The topological polar surface area (TPSA) is 119 Å². The van der Waals surface area contributed by atoms with Gasteiger partial charge in [-0.15, -0.1) is 0 Å². The molecule has 9 heteroatoms. The predicted molar refractivity (Wildman–Crippen MR) is 80.1 cm³/mol. The van der Waals surface area contributed by atoms with Crippen LogP contribution in [0, 0.1) is 23.0 Å². The van der Waals surface area contributed by atoms with Gasteiger partial charge in [0.2, 0.25) is 5.69 Å². The summed E-state index contributed by atoms with van der Waals surface area (Å²) < 4.78 is 1.25. The van der Waals surface area contributed by atoms with Crippen LogP contribution in [-0.2, 0) is 11.8 Å². The highest BCUT2D eigenvalue weighted by molar-refractivity contribution is 5.97. The molecule has 1 amide bonds. The number of hydrogen-bond acceptors (Lipinski definition) is 5. The van der Waals surface area contributed by atoms with E-state index in [-0.39, 0.29) is 29.4 Å². The molecule has 9 nitrogen and oxygen atoms in total. The third kappa shape index (κ3) is 3.66. The lowest BCUT2D eigenvalue weighted by molar-refractivity contribution is -0.385. The highest BCUT2D eigenvalue weighted by atomic mass is 16.6. The van der Waals surface area contributed by atoms with E-state index in [1.165, 1.54) is 18.7 Å². The van der Waals surface area contributed by atoms with Crippen molar-refractivity contribution in [3.05, 3.63) is 21.5 Å². The molecule has 0 bridgehead atoms. The van der Waals surface area contributed by atoms with E-state index in [9.17, 15) is 19.7 Å². The molecule has 0 saturated carbocycles. The number of aliphatic carboxylic acids is 1. The van der Waals surface area contributed by atoms with Crippen LogP contribution in [0.3, 0.4) is 0 Å². The van der Waals surface area contributed by atoms with Gasteiger partial charge < -0.3 is 10.0 Å². The zero-order chi connectivity index (χ0) is 17.1. The number of hydrogen-bond donors (Lipinski definition) is 1. The van der Waals surface area contributed by atoms with Crippen LogP contribution in [0.15, 0.2) is 0 Å². The maximum Gasteiger partial charge on any atom is 0.322 e. The second kappa shape index (κ2) is 6.76. The van der Waals surface area contributed by atoms with E-state index in [0.29, 0.717) is 19.5 Å². The van der Waals surface area contributed by atoms with E-state index in [1.54, 1.807) is 4.90 Å². The summed E-state index contributed by atoms with van der Waals surface area (Å²) in [5, 5.41) is 23.9. The van der Waals surface area contributed by atoms with Crippen LogP contribution in [0.5, 0.6) is 0 Å². The number of nitro groups is 1. The van der Waals surface area contributed by atoms with E-state index in [1.807, 2.05) is 0 Å². The quantitative estimate of drug-likeness (QED) is 0.645. The van der Waals surface area contributed by atoms with Crippen molar-refractivity contribution in [3.63, 3.8) is 0 Å². The molecular weight excluding hydrogens is 304 g/mol. The summed E-state index contributed by atoms with van der Waals surface area (Å²) in [5.41, 5.74) is -0.0724. The Bertz CT molecular complexity index is 639. The molecule has 0 radical (unpaired) electrons. The van der Waals surface area contributed by atoms with Crippen molar-refractivity contribution in [1.82, 2.24) is 14.7 Å². The third-order valence-electron chi connectivity index (χ3n) is 4.15. The summed E-state index contributed by atoms with van der Waals surface area (Å²) in [6, 6.07) is 0. The Morgan fingerprint density at radius 1 is 1.48 bits per heavy atom. The first-order valence-electron chi connectivity index (χ1n) is 7.50. The zero-order valence-electron chi connectivity index (χ0n) is 13.2. The third-order valence-corrected chi connectivity index (χ3v) is 4.15. The van der Waals surface area contributed by atoms with Crippen LogP contribution in [-0.4, -0.2) is 49.7 Å². The average Bonchev–Trinajstić information content (AvgIpc) is 2.79. The number of aryl methyl sites for hydroxylation is 2. The van der Waals surface area contributed by atoms with Crippen molar-refractivity contribution in [2.75, 3.05) is 13.1 Å².